The van der Waals surface area contributed by atoms with Crippen molar-refractivity contribution in [3.63, 3.8) is 0 Å². The van der Waals surface area contributed by atoms with E-state index in [0.29, 0.717) is 16.6 Å². The second-order valence-corrected chi connectivity index (χ2v) is 6.03. The summed E-state index contributed by atoms with van der Waals surface area (Å²) in [4.78, 5) is 14.5. The number of fused-ring (bicyclic) bond motifs is 1. The van der Waals surface area contributed by atoms with Gasteiger partial charge in [0.1, 0.15) is 11.6 Å². The quantitative estimate of drug-likeness (QED) is 0.800. The fourth-order valence-corrected chi connectivity index (χ4v) is 3.13. The molecule has 0 radical (unpaired) electrons. The fraction of sp³-hybridized carbons (Fsp3) is 0.235. The molecule has 0 aromatic heterocycles. The Morgan fingerprint density at radius 1 is 1.27 bits per heavy atom. The van der Waals surface area contributed by atoms with E-state index in [4.69, 9.17) is 4.74 Å². The molecule has 0 fully saturated rings. The number of benzene rings is 2. The lowest BCUT2D eigenvalue weighted by molar-refractivity contribution is 0.0984. The van der Waals surface area contributed by atoms with Gasteiger partial charge in [0.2, 0.25) is 0 Å². The molecule has 0 saturated heterocycles. The highest BCUT2D eigenvalue weighted by atomic mass is 79.9. The first-order chi connectivity index (χ1) is 10.6. The Morgan fingerprint density at radius 3 is 2.86 bits per heavy atom. The summed E-state index contributed by atoms with van der Waals surface area (Å²) >= 11 is 3.33. The molecule has 0 aliphatic carbocycles. The summed E-state index contributed by atoms with van der Waals surface area (Å²) in [6.45, 7) is 0.626. The van der Waals surface area contributed by atoms with Crippen molar-refractivity contribution in [3.8, 4) is 5.75 Å². The minimum Gasteiger partial charge on any atom is -0.497 e. The Morgan fingerprint density at radius 2 is 2.09 bits per heavy atom. The van der Waals surface area contributed by atoms with E-state index in [9.17, 15) is 9.18 Å². The minimum atomic E-state index is -0.418. The van der Waals surface area contributed by atoms with Gasteiger partial charge in [0.15, 0.2) is 0 Å². The Bertz CT molecular complexity index is 733. The Kier molecular flexibility index (Phi) is 4.16. The number of carbonyl (C=O) groups excluding carboxylic acids is 1. The summed E-state index contributed by atoms with van der Waals surface area (Å²) in [5.74, 6) is 0.163. The number of aryl methyl sites for hydroxylation is 1. The molecule has 0 spiro atoms. The number of nitrogens with zero attached hydrogens (tertiary/aromatic N) is 1. The molecule has 0 unspecified atom stereocenters. The van der Waals surface area contributed by atoms with Crippen LogP contribution >= 0.6 is 15.9 Å². The van der Waals surface area contributed by atoms with Crippen LogP contribution < -0.4 is 9.64 Å². The van der Waals surface area contributed by atoms with Crippen LogP contribution in [0.5, 0.6) is 5.75 Å². The van der Waals surface area contributed by atoms with Gasteiger partial charge in [0.05, 0.1) is 12.7 Å². The number of halogens is 2. The lowest BCUT2D eigenvalue weighted by Crippen LogP contribution is -2.35. The zero-order valence-electron chi connectivity index (χ0n) is 12.1. The number of carbonyl (C=O) groups is 1. The van der Waals surface area contributed by atoms with E-state index in [1.54, 1.807) is 18.1 Å². The molecule has 0 saturated carbocycles. The average Bonchev–Trinajstić information content (AvgIpc) is 2.55. The van der Waals surface area contributed by atoms with Crippen molar-refractivity contribution in [1.82, 2.24) is 0 Å². The fourth-order valence-electron chi connectivity index (χ4n) is 2.72. The highest BCUT2D eigenvalue weighted by Crippen LogP contribution is 2.32. The number of hydrogen-bond donors (Lipinski definition) is 0. The molecule has 1 heterocycles. The number of methoxy groups -OCH3 is 1. The smallest absolute Gasteiger partial charge is 0.259 e. The van der Waals surface area contributed by atoms with Gasteiger partial charge in [0, 0.05) is 16.7 Å². The van der Waals surface area contributed by atoms with Crippen molar-refractivity contribution in [3.05, 3.63) is 57.8 Å². The van der Waals surface area contributed by atoms with Crippen LogP contribution in [0.4, 0.5) is 10.1 Å². The number of rotatable bonds is 2. The van der Waals surface area contributed by atoms with Crippen LogP contribution in [0.3, 0.4) is 0 Å². The lowest BCUT2D eigenvalue weighted by Gasteiger charge is -2.30. The highest BCUT2D eigenvalue weighted by molar-refractivity contribution is 9.10. The first kappa shape index (κ1) is 15.0. The zero-order valence-corrected chi connectivity index (χ0v) is 13.7. The Labute approximate surface area is 136 Å². The van der Waals surface area contributed by atoms with Gasteiger partial charge < -0.3 is 9.64 Å². The third-order valence-corrected chi connectivity index (χ3v) is 4.50. The number of anilines is 1. The van der Waals surface area contributed by atoms with Crippen LogP contribution in [0.15, 0.2) is 40.9 Å². The van der Waals surface area contributed by atoms with Crippen LogP contribution in [-0.4, -0.2) is 19.6 Å². The topological polar surface area (TPSA) is 29.5 Å². The molecule has 22 heavy (non-hydrogen) atoms. The van der Waals surface area contributed by atoms with Gasteiger partial charge in [-0.1, -0.05) is 0 Å². The predicted octanol–water partition coefficient (Wildman–Crippen LogP) is 4.19. The Hall–Kier alpha value is -1.88. The van der Waals surface area contributed by atoms with Crippen molar-refractivity contribution < 1.29 is 13.9 Å². The molecule has 1 amide bonds. The highest BCUT2D eigenvalue weighted by Gasteiger charge is 2.25. The summed E-state index contributed by atoms with van der Waals surface area (Å²) in [6.07, 6.45) is 1.78. The van der Waals surface area contributed by atoms with Crippen LogP contribution in [0.1, 0.15) is 22.3 Å². The SMILES string of the molecule is COc1ccc2c(c1)CCCN2C(=O)c1cc(F)ccc1Br. The number of amides is 1. The number of ether oxygens (including phenoxy) is 1. The van der Waals surface area contributed by atoms with Crippen LogP contribution in [0.2, 0.25) is 0 Å². The van der Waals surface area contributed by atoms with Gasteiger partial charge in [-0.15, -0.1) is 0 Å². The van der Waals surface area contributed by atoms with E-state index >= 15 is 0 Å². The maximum atomic E-state index is 13.5. The van der Waals surface area contributed by atoms with Gasteiger partial charge in [0.25, 0.3) is 5.91 Å². The van der Waals surface area contributed by atoms with Gasteiger partial charge in [-0.25, -0.2) is 4.39 Å². The van der Waals surface area contributed by atoms with Crippen LogP contribution in [-0.2, 0) is 6.42 Å². The van der Waals surface area contributed by atoms with Crippen molar-refractivity contribution in [1.29, 1.82) is 0 Å². The van der Waals surface area contributed by atoms with Crippen molar-refractivity contribution in [2.24, 2.45) is 0 Å². The van der Waals surface area contributed by atoms with Crippen molar-refractivity contribution in [2.45, 2.75) is 12.8 Å². The maximum Gasteiger partial charge on any atom is 0.259 e. The van der Waals surface area contributed by atoms with Crippen molar-refractivity contribution in [2.75, 3.05) is 18.6 Å². The second-order valence-electron chi connectivity index (χ2n) is 5.18. The molecule has 0 atom stereocenters. The third-order valence-electron chi connectivity index (χ3n) is 3.81. The molecule has 114 valence electrons. The lowest BCUT2D eigenvalue weighted by atomic mass is 10.0. The van der Waals surface area contributed by atoms with E-state index in [1.165, 1.54) is 12.1 Å². The van der Waals surface area contributed by atoms with Gasteiger partial charge in [-0.05, 0) is 70.7 Å². The molecular formula is C17H15BrFNO2. The summed E-state index contributed by atoms with van der Waals surface area (Å²) in [5.41, 5.74) is 2.28. The molecule has 5 heteroatoms. The summed E-state index contributed by atoms with van der Waals surface area (Å²) in [6, 6.07) is 9.83. The van der Waals surface area contributed by atoms with E-state index in [1.807, 2.05) is 18.2 Å². The molecule has 3 rings (SSSR count). The predicted molar refractivity (Wildman–Crippen MR) is 87.1 cm³/mol. The molecule has 3 nitrogen and oxygen atoms in total. The first-order valence-corrected chi connectivity index (χ1v) is 7.83. The van der Waals surface area contributed by atoms with Crippen LogP contribution in [0.25, 0.3) is 0 Å². The van der Waals surface area contributed by atoms with E-state index in [0.717, 1.165) is 29.8 Å². The molecule has 1 aliphatic rings. The van der Waals surface area contributed by atoms with Gasteiger partial charge >= 0.3 is 0 Å². The van der Waals surface area contributed by atoms with E-state index in [2.05, 4.69) is 15.9 Å². The zero-order chi connectivity index (χ0) is 15.7. The second kappa shape index (κ2) is 6.08. The van der Waals surface area contributed by atoms with Crippen molar-refractivity contribution >= 4 is 27.5 Å². The standard InChI is InChI=1S/C17H15BrFNO2/c1-22-13-5-7-16-11(9-13)3-2-8-20(16)17(21)14-10-12(19)4-6-15(14)18/h4-7,9-10H,2-3,8H2,1H3. The summed E-state index contributed by atoms with van der Waals surface area (Å²) in [7, 11) is 1.62. The molecule has 0 bridgehead atoms. The summed E-state index contributed by atoms with van der Waals surface area (Å²) in [5, 5.41) is 0. The summed E-state index contributed by atoms with van der Waals surface area (Å²) < 4.78 is 19.3. The Balaban J connectivity index is 2.00. The molecule has 2 aromatic rings. The monoisotopic (exact) mass is 363 g/mol. The molecule has 0 N–H and O–H groups in total. The normalized spacial score (nSPS) is 13.7. The average molecular weight is 364 g/mol. The molecule has 1 aliphatic heterocycles. The third kappa shape index (κ3) is 2.73. The first-order valence-electron chi connectivity index (χ1n) is 7.04. The maximum absolute atomic E-state index is 13.5. The van der Waals surface area contributed by atoms with E-state index in [-0.39, 0.29) is 5.91 Å². The van der Waals surface area contributed by atoms with E-state index < -0.39 is 5.82 Å². The molecule has 2 aromatic carbocycles. The number of hydrogen-bond acceptors (Lipinski definition) is 2. The van der Waals surface area contributed by atoms with Gasteiger partial charge in [-0.3, -0.25) is 4.79 Å². The minimum absolute atomic E-state index is 0.197. The van der Waals surface area contributed by atoms with Gasteiger partial charge in [-0.2, -0.15) is 0 Å². The van der Waals surface area contributed by atoms with Crippen LogP contribution in [0, 0.1) is 5.82 Å². The molecular weight excluding hydrogens is 349 g/mol. The largest absolute Gasteiger partial charge is 0.497 e.